The van der Waals surface area contributed by atoms with Crippen molar-refractivity contribution < 1.29 is 0 Å². The third kappa shape index (κ3) is 5.07. The molecule has 0 unspecified atom stereocenters. The molecule has 0 spiro atoms. The van der Waals surface area contributed by atoms with Crippen molar-refractivity contribution in [3.63, 3.8) is 0 Å². The molecule has 246 valence electrons. The largest absolute Gasteiger partial charge is 0.310 e. The molecule has 0 bridgehead atoms. The fraction of sp³-hybridized carbons (Fsp3) is 0.120. The van der Waals surface area contributed by atoms with Crippen LogP contribution in [0.4, 0.5) is 17.1 Å². The normalized spacial score (nSPS) is 13.3. The molecule has 8 aromatic carbocycles. The first-order valence-corrected chi connectivity index (χ1v) is 18.0. The molecule has 8 aromatic rings. The van der Waals surface area contributed by atoms with Gasteiger partial charge in [0, 0.05) is 27.6 Å². The molecule has 1 heteroatoms. The number of nitrogens with zero attached hydrogens (tertiary/aromatic N) is 1. The summed E-state index contributed by atoms with van der Waals surface area (Å²) < 4.78 is 0. The fourth-order valence-corrected chi connectivity index (χ4v) is 8.46. The second-order valence-electron chi connectivity index (χ2n) is 15.0. The van der Waals surface area contributed by atoms with Crippen molar-refractivity contribution in [3.8, 4) is 22.3 Å². The molecule has 1 aliphatic carbocycles. The Kier molecular flexibility index (Phi) is 7.22. The summed E-state index contributed by atoms with van der Waals surface area (Å²) in [6.45, 7) is 9.40. The highest BCUT2D eigenvalue weighted by Gasteiger charge is 2.36. The summed E-state index contributed by atoms with van der Waals surface area (Å²) in [7, 11) is 0. The van der Waals surface area contributed by atoms with Crippen LogP contribution < -0.4 is 4.90 Å². The van der Waals surface area contributed by atoms with Crippen LogP contribution in [0.1, 0.15) is 49.9 Å². The van der Waals surface area contributed by atoms with Gasteiger partial charge in [0.05, 0.1) is 5.69 Å². The zero-order chi connectivity index (χ0) is 34.7. The molecule has 0 atom stereocenters. The minimum Gasteiger partial charge on any atom is -0.310 e. The van der Waals surface area contributed by atoms with Gasteiger partial charge in [0.25, 0.3) is 0 Å². The Hall–Kier alpha value is -5.92. The number of fused-ring (bicyclic) bond motifs is 5. The summed E-state index contributed by atoms with van der Waals surface area (Å²) in [4.78, 5) is 2.46. The van der Waals surface area contributed by atoms with Gasteiger partial charge in [-0.25, -0.2) is 0 Å². The first-order valence-electron chi connectivity index (χ1n) is 18.0. The van der Waals surface area contributed by atoms with E-state index in [-0.39, 0.29) is 10.8 Å². The van der Waals surface area contributed by atoms with Gasteiger partial charge in [-0.2, -0.15) is 0 Å². The summed E-state index contributed by atoms with van der Waals surface area (Å²) in [5.41, 5.74) is 13.7. The summed E-state index contributed by atoms with van der Waals surface area (Å²) in [5, 5.41) is 5.03. The van der Waals surface area contributed by atoms with Gasteiger partial charge in [0.15, 0.2) is 0 Å². The predicted octanol–water partition coefficient (Wildman–Crippen LogP) is 13.8. The smallest absolute Gasteiger partial charge is 0.0540 e. The van der Waals surface area contributed by atoms with Gasteiger partial charge in [0.2, 0.25) is 0 Å². The highest BCUT2D eigenvalue weighted by molar-refractivity contribution is 6.02. The molecule has 0 radical (unpaired) electrons. The van der Waals surface area contributed by atoms with E-state index >= 15 is 0 Å². The van der Waals surface area contributed by atoms with Crippen LogP contribution in [0.2, 0.25) is 0 Å². The molecule has 0 amide bonds. The van der Waals surface area contributed by atoms with E-state index in [1.165, 1.54) is 71.7 Å². The molecule has 1 nitrogen and oxygen atoms in total. The molecular weight excluding hydrogens is 615 g/mol. The van der Waals surface area contributed by atoms with Crippen molar-refractivity contribution in [2.24, 2.45) is 0 Å². The van der Waals surface area contributed by atoms with Crippen molar-refractivity contribution in [3.05, 3.63) is 198 Å². The molecule has 0 heterocycles. The van der Waals surface area contributed by atoms with Crippen LogP contribution in [0.3, 0.4) is 0 Å². The highest BCUT2D eigenvalue weighted by Crippen LogP contribution is 2.51. The predicted molar refractivity (Wildman–Crippen MR) is 218 cm³/mol. The second-order valence-corrected chi connectivity index (χ2v) is 15.0. The number of hydrogen-bond donors (Lipinski definition) is 0. The van der Waals surface area contributed by atoms with Crippen molar-refractivity contribution in [1.82, 2.24) is 0 Å². The van der Waals surface area contributed by atoms with Gasteiger partial charge in [0.1, 0.15) is 0 Å². The van der Waals surface area contributed by atoms with E-state index in [2.05, 4.69) is 209 Å². The first kappa shape index (κ1) is 31.1. The number of anilines is 3. The molecule has 0 aromatic heterocycles. The van der Waals surface area contributed by atoms with E-state index in [1.807, 2.05) is 0 Å². The highest BCUT2D eigenvalue weighted by atomic mass is 15.1. The molecule has 9 rings (SSSR count). The average molecular weight is 656 g/mol. The van der Waals surface area contributed by atoms with E-state index in [0.717, 1.165) is 11.4 Å². The van der Waals surface area contributed by atoms with Crippen LogP contribution in [0.5, 0.6) is 0 Å². The number of benzene rings is 8. The van der Waals surface area contributed by atoms with E-state index < -0.39 is 0 Å². The second kappa shape index (κ2) is 11.9. The van der Waals surface area contributed by atoms with Crippen LogP contribution in [0.15, 0.2) is 176 Å². The topological polar surface area (TPSA) is 3.24 Å². The van der Waals surface area contributed by atoms with Crippen molar-refractivity contribution in [1.29, 1.82) is 0 Å². The van der Waals surface area contributed by atoms with Crippen molar-refractivity contribution in [2.45, 2.75) is 38.5 Å². The lowest BCUT2D eigenvalue weighted by Gasteiger charge is -2.32. The summed E-state index contributed by atoms with van der Waals surface area (Å²) >= 11 is 0. The maximum absolute atomic E-state index is 2.46. The monoisotopic (exact) mass is 655 g/mol. The third-order valence-electron chi connectivity index (χ3n) is 11.3. The Morgan fingerprint density at radius 1 is 0.451 bits per heavy atom. The Morgan fingerprint density at radius 2 is 1.08 bits per heavy atom. The Balaban J connectivity index is 1.22. The average Bonchev–Trinajstić information content (AvgIpc) is 3.41. The Labute approximate surface area is 301 Å². The van der Waals surface area contributed by atoms with Gasteiger partial charge in [-0.3, -0.25) is 0 Å². The maximum Gasteiger partial charge on any atom is 0.0540 e. The quantitative estimate of drug-likeness (QED) is 0.172. The third-order valence-corrected chi connectivity index (χ3v) is 11.3. The minimum absolute atomic E-state index is 0.0980. The van der Waals surface area contributed by atoms with Crippen LogP contribution in [-0.2, 0) is 10.8 Å². The van der Waals surface area contributed by atoms with Gasteiger partial charge in [-0.15, -0.1) is 0 Å². The van der Waals surface area contributed by atoms with Crippen LogP contribution >= 0.6 is 0 Å². The van der Waals surface area contributed by atoms with Gasteiger partial charge in [-0.05, 0) is 97.1 Å². The summed E-state index contributed by atoms with van der Waals surface area (Å²) in [6, 6.07) is 64.9. The van der Waals surface area contributed by atoms with E-state index in [9.17, 15) is 0 Å². The molecule has 51 heavy (non-hydrogen) atoms. The van der Waals surface area contributed by atoms with E-state index in [4.69, 9.17) is 0 Å². The van der Waals surface area contributed by atoms with E-state index in [0.29, 0.717) is 0 Å². The summed E-state index contributed by atoms with van der Waals surface area (Å²) in [5.74, 6) is 0. The zero-order valence-electron chi connectivity index (χ0n) is 29.7. The molecule has 1 aliphatic rings. The molecule has 0 N–H and O–H groups in total. The standard InChI is InChI=1S/C50H41N/c1-49(2,38-16-6-5-7-17-38)46-30-31-48(44-20-11-10-19-42(44)46)51(40-28-29-43-41-18-12-13-21-45(41)50(3,4)47(43)33-40)39-26-24-35(25-27-39)37-23-22-34-14-8-9-15-36(34)32-37/h5-33H,1-4H3. The first-order chi connectivity index (χ1) is 24.8. The van der Waals surface area contributed by atoms with Crippen LogP contribution in [-0.4, -0.2) is 0 Å². The maximum atomic E-state index is 2.46. The lowest BCUT2D eigenvalue weighted by atomic mass is 9.76. The SMILES string of the molecule is CC1(C)c2ccccc2-c2ccc(N(c3ccc(-c4ccc5ccccc5c4)cc3)c3ccc(C(C)(C)c4ccccc4)c4ccccc34)cc21. The van der Waals surface area contributed by atoms with E-state index in [1.54, 1.807) is 0 Å². The van der Waals surface area contributed by atoms with Gasteiger partial charge >= 0.3 is 0 Å². The van der Waals surface area contributed by atoms with Crippen LogP contribution in [0, 0.1) is 0 Å². The molecule has 0 aliphatic heterocycles. The Bertz CT molecular complexity index is 2570. The molecule has 0 saturated carbocycles. The number of hydrogen-bond acceptors (Lipinski definition) is 1. The fourth-order valence-electron chi connectivity index (χ4n) is 8.46. The van der Waals surface area contributed by atoms with Gasteiger partial charge in [-0.1, -0.05) is 167 Å². The van der Waals surface area contributed by atoms with Crippen LogP contribution in [0.25, 0.3) is 43.8 Å². The molecule has 0 saturated heterocycles. The van der Waals surface area contributed by atoms with Crippen molar-refractivity contribution in [2.75, 3.05) is 4.90 Å². The number of rotatable bonds is 6. The zero-order valence-corrected chi connectivity index (χ0v) is 29.7. The lowest BCUT2D eigenvalue weighted by molar-refractivity contribution is 0.647. The minimum atomic E-state index is -0.172. The molecular formula is C50H41N. The van der Waals surface area contributed by atoms with Crippen molar-refractivity contribution >= 4 is 38.6 Å². The summed E-state index contributed by atoms with van der Waals surface area (Å²) in [6.07, 6.45) is 0. The molecule has 0 fully saturated rings. The Morgan fingerprint density at radius 3 is 1.88 bits per heavy atom. The lowest BCUT2D eigenvalue weighted by Crippen LogP contribution is -2.20. The van der Waals surface area contributed by atoms with Gasteiger partial charge < -0.3 is 4.90 Å².